The molecule has 0 aliphatic rings. The molecule has 0 aliphatic carbocycles. The molecule has 0 unspecified atom stereocenters. The molecule has 16 heavy (non-hydrogen) atoms. The van der Waals surface area contributed by atoms with Crippen molar-refractivity contribution >= 4 is 0 Å². The van der Waals surface area contributed by atoms with Gasteiger partial charge in [-0.25, -0.2) is 0 Å². The van der Waals surface area contributed by atoms with Gasteiger partial charge in [-0.3, -0.25) is 4.90 Å². The summed E-state index contributed by atoms with van der Waals surface area (Å²) >= 11 is 0. The average molecular weight is 228 g/mol. The van der Waals surface area contributed by atoms with Gasteiger partial charge < -0.3 is 5.32 Å². The molecule has 0 aromatic heterocycles. The normalized spacial score (nSPS) is 12.0. The second kappa shape index (κ2) is 10.1. The first-order chi connectivity index (χ1) is 7.59. The first kappa shape index (κ1) is 15.9. The smallest absolute Gasteiger partial charge is 0.0112 e. The Morgan fingerprint density at radius 1 is 0.875 bits per heavy atom. The minimum Gasteiger partial charge on any atom is -0.315 e. The number of rotatable bonds is 10. The molecule has 98 valence electrons. The summed E-state index contributed by atoms with van der Waals surface area (Å²) in [5, 5.41) is 3.54. The van der Waals surface area contributed by atoms with E-state index in [0.29, 0.717) is 12.1 Å². The van der Waals surface area contributed by atoms with Crippen molar-refractivity contribution in [1.82, 2.24) is 10.2 Å². The van der Waals surface area contributed by atoms with Crippen molar-refractivity contribution in [2.75, 3.05) is 19.6 Å². The van der Waals surface area contributed by atoms with E-state index < -0.39 is 0 Å². The molecule has 2 nitrogen and oxygen atoms in total. The maximum atomic E-state index is 3.54. The number of unbranched alkanes of at least 4 members (excludes halogenated alkanes) is 3. The van der Waals surface area contributed by atoms with Gasteiger partial charge in [0.1, 0.15) is 0 Å². The summed E-state index contributed by atoms with van der Waals surface area (Å²) in [5.74, 6) is 0. The Hall–Kier alpha value is -0.0800. The average Bonchev–Trinajstić information content (AvgIpc) is 2.21. The van der Waals surface area contributed by atoms with Crippen molar-refractivity contribution < 1.29 is 0 Å². The Bertz CT molecular complexity index is 136. The van der Waals surface area contributed by atoms with E-state index in [1.54, 1.807) is 0 Å². The van der Waals surface area contributed by atoms with Crippen LogP contribution in [0.25, 0.3) is 0 Å². The summed E-state index contributed by atoms with van der Waals surface area (Å²) in [4.78, 5) is 2.54. The van der Waals surface area contributed by atoms with E-state index in [-0.39, 0.29) is 0 Å². The van der Waals surface area contributed by atoms with Crippen LogP contribution >= 0.6 is 0 Å². The number of hydrogen-bond acceptors (Lipinski definition) is 2. The Labute approximate surface area is 103 Å². The molecule has 1 N–H and O–H groups in total. The van der Waals surface area contributed by atoms with Crippen LogP contribution in [0.5, 0.6) is 0 Å². The van der Waals surface area contributed by atoms with Gasteiger partial charge in [-0.05, 0) is 40.7 Å². The third-order valence-electron chi connectivity index (χ3n) is 3.08. The molecule has 0 heterocycles. The van der Waals surface area contributed by atoms with Crippen molar-refractivity contribution in [2.24, 2.45) is 0 Å². The molecule has 0 saturated carbocycles. The summed E-state index contributed by atoms with van der Waals surface area (Å²) in [6, 6.07) is 1.31. The van der Waals surface area contributed by atoms with Crippen LogP contribution in [0.1, 0.15) is 60.3 Å². The van der Waals surface area contributed by atoms with Gasteiger partial charge in [0, 0.05) is 25.2 Å². The second-order valence-electron chi connectivity index (χ2n) is 5.24. The third-order valence-corrected chi connectivity index (χ3v) is 3.08. The Kier molecular flexibility index (Phi) is 10.0. The molecule has 0 radical (unpaired) electrons. The lowest BCUT2D eigenvalue weighted by molar-refractivity contribution is 0.176. The predicted octanol–water partition coefficient (Wildman–Crippen LogP) is 3.28. The summed E-state index contributed by atoms with van der Waals surface area (Å²) in [5.41, 5.74) is 0. The van der Waals surface area contributed by atoms with Gasteiger partial charge in [0.15, 0.2) is 0 Å². The zero-order valence-corrected chi connectivity index (χ0v) is 12.1. The van der Waals surface area contributed by atoms with Crippen LogP contribution in [0, 0.1) is 0 Å². The molecular formula is C14H32N2. The fourth-order valence-corrected chi connectivity index (χ4v) is 2.12. The highest BCUT2D eigenvalue weighted by Crippen LogP contribution is 2.03. The Balaban J connectivity index is 3.41. The van der Waals surface area contributed by atoms with Crippen LogP contribution in [0.4, 0.5) is 0 Å². The summed E-state index contributed by atoms with van der Waals surface area (Å²) in [7, 11) is 0. The monoisotopic (exact) mass is 228 g/mol. The molecule has 0 saturated heterocycles. The van der Waals surface area contributed by atoms with E-state index in [1.807, 2.05) is 0 Å². The second-order valence-corrected chi connectivity index (χ2v) is 5.24. The quantitative estimate of drug-likeness (QED) is 0.577. The highest BCUT2D eigenvalue weighted by Gasteiger charge is 2.11. The van der Waals surface area contributed by atoms with E-state index in [4.69, 9.17) is 0 Å². The molecule has 2 heteroatoms. The van der Waals surface area contributed by atoms with Gasteiger partial charge in [0.25, 0.3) is 0 Å². The van der Waals surface area contributed by atoms with Gasteiger partial charge in [0.05, 0.1) is 0 Å². The molecule has 0 bridgehead atoms. The largest absolute Gasteiger partial charge is 0.315 e. The van der Waals surface area contributed by atoms with Gasteiger partial charge in [-0.15, -0.1) is 0 Å². The first-order valence-electron chi connectivity index (χ1n) is 7.06. The number of nitrogens with zero attached hydrogens (tertiary/aromatic N) is 1. The minimum absolute atomic E-state index is 0.655. The molecule has 0 amide bonds. The molecule has 0 rings (SSSR count). The van der Waals surface area contributed by atoms with Gasteiger partial charge in [0.2, 0.25) is 0 Å². The zero-order chi connectivity index (χ0) is 12.4. The Morgan fingerprint density at radius 3 is 2.00 bits per heavy atom. The highest BCUT2D eigenvalue weighted by molar-refractivity contribution is 4.68. The summed E-state index contributed by atoms with van der Waals surface area (Å²) < 4.78 is 0. The van der Waals surface area contributed by atoms with Crippen molar-refractivity contribution in [1.29, 1.82) is 0 Å². The van der Waals surface area contributed by atoms with Crippen LogP contribution in [0.15, 0.2) is 0 Å². The van der Waals surface area contributed by atoms with Crippen molar-refractivity contribution in [2.45, 2.75) is 72.4 Å². The van der Waals surface area contributed by atoms with Crippen LogP contribution in [0.2, 0.25) is 0 Å². The van der Waals surface area contributed by atoms with Gasteiger partial charge >= 0.3 is 0 Å². The van der Waals surface area contributed by atoms with Crippen molar-refractivity contribution in [3.8, 4) is 0 Å². The fourth-order valence-electron chi connectivity index (χ4n) is 2.12. The zero-order valence-electron chi connectivity index (χ0n) is 12.1. The van der Waals surface area contributed by atoms with Crippen LogP contribution in [0.3, 0.4) is 0 Å². The highest BCUT2D eigenvalue weighted by atomic mass is 15.2. The molecule has 0 atom stereocenters. The van der Waals surface area contributed by atoms with E-state index >= 15 is 0 Å². The van der Waals surface area contributed by atoms with E-state index in [9.17, 15) is 0 Å². The van der Waals surface area contributed by atoms with Crippen LogP contribution in [-0.4, -0.2) is 36.6 Å². The van der Waals surface area contributed by atoms with E-state index in [2.05, 4.69) is 44.8 Å². The van der Waals surface area contributed by atoms with Crippen molar-refractivity contribution in [3.05, 3.63) is 0 Å². The maximum Gasteiger partial charge on any atom is 0.0112 e. The lowest BCUT2D eigenvalue weighted by Gasteiger charge is -2.30. The van der Waals surface area contributed by atoms with E-state index in [1.165, 1.54) is 38.8 Å². The third kappa shape index (κ3) is 8.12. The van der Waals surface area contributed by atoms with Crippen molar-refractivity contribution in [3.63, 3.8) is 0 Å². The van der Waals surface area contributed by atoms with Crippen LogP contribution in [-0.2, 0) is 0 Å². The molecule has 0 aromatic carbocycles. The van der Waals surface area contributed by atoms with Gasteiger partial charge in [-0.1, -0.05) is 26.2 Å². The first-order valence-corrected chi connectivity index (χ1v) is 7.06. The maximum absolute atomic E-state index is 3.54. The number of nitrogens with one attached hydrogen (secondary N) is 1. The topological polar surface area (TPSA) is 15.3 Å². The molecule has 0 spiro atoms. The molecular weight excluding hydrogens is 196 g/mol. The van der Waals surface area contributed by atoms with E-state index in [0.717, 1.165) is 6.54 Å². The molecule has 0 fully saturated rings. The minimum atomic E-state index is 0.655. The SMILES string of the molecule is CCCCCCNCCN(C(C)C)C(C)C. The van der Waals surface area contributed by atoms with Gasteiger partial charge in [-0.2, -0.15) is 0 Å². The predicted molar refractivity (Wildman–Crippen MR) is 74.0 cm³/mol. The fraction of sp³-hybridized carbons (Fsp3) is 1.00. The molecule has 0 aliphatic heterocycles. The summed E-state index contributed by atoms with van der Waals surface area (Å²) in [6.45, 7) is 14.9. The molecule has 0 aromatic rings. The number of hydrogen-bond donors (Lipinski definition) is 1. The lowest BCUT2D eigenvalue weighted by atomic mass is 10.2. The summed E-state index contributed by atoms with van der Waals surface area (Å²) in [6.07, 6.45) is 5.42. The van der Waals surface area contributed by atoms with Crippen LogP contribution < -0.4 is 5.32 Å². The Morgan fingerprint density at radius 2 is 1.50 bits per heavy atom. The lowest BCUT2D eigenvalue weighted by Crippen LogP contribution is -2.41. The standard InChI is InChI=1S/C14H32N2/c1-6-7-8-9-10-15-11-12-16(13(2)3)14(4)5/h13-15H,6-12H2,1-5H3.